The van der Waals surface area contributed by atoms with Gasteiger partial charge in [-0.2, -0.15) is 0 Å². The van der Waals surface area contributed by atoms with E-state index in [-0.39, 0.29) is 11.4 Å². The van der Waals surface area contributed by atoms with Crippen molar-refractivity contribution in [3.63, 3.8) is 0 Å². The Bertz CT molecular complexity index is 303. The fourth-order valence-electron chi connectivity index (χ4n) is 2.76. The second kappa shape index (κ2) is 5.67. The molecule has 96 valence electrons. The van der Waals surface area contributed by atoms with Gasteiger partial charge in [0.1, 0.15) is 0 Å². The first-order chi connectivity index (χ1) is 8.18. The Morgan fingerprint density at radius 1 is 1.41 bits per heavy atom. The molecule has 1 amide bonds. The molecule has 0 radical (unpaired) electrons. The highest BCUT2D eigenvalue weighted by atomic mass is 16.1. The molecule has 3 heteroatoms. The number of amides is 1. The van der Waals surface area contributed by atoms with Crippen LogP contribution in [0.1, 0.15) is 51.9 Å². The lowest BCUT2D eigenvalue weighted by Crippen LogP contribution is -2.52. The molecular weight excluding hydrogens is 212 g/mol. The maximum atomic E-state index is 12.0. The molecule has 2 aliphatic rings. The molecule has 3 nitrogen and oxygen atoms in total. The minimum Gasteiger partial charge on any atom is -0.351 e. The third-order valence-corrected chi connectivity index (χ3v) is 3.92. The number of carbonyl (C=O) groups is 1. The predicted octanol–water partition coefficient (Wildman–Crippen LogP) is 2.14. The number of hydrogen-bond acceptors (Lipinski definition) is 2. The van der Waals surface area contributed by atoms with E-state index in [1.165, 1.54) is 18.4 Å². The van der Waals surface area contributed by atoms with E-state index in [2.05, 4.69) is 23.6 Å². The molecule has 2 rings (SSSR count). The van der Waals surface area contributed by atoms with Gasteiger partial charge in [0.05, 0.1) is 0 Å². The minimum absolute atomic E-state index is 0.0115. The van der Waals surface area contributed by atoms with E-state index in [9.17, 15) is 4.79 Å². The van der Waals surface area contributed by atoms with Crippen LogP contribution in [-0.2, 0) is 4.79 Å². The van der Waals surface area contributed by atoms with Crippen molar-refractivity contribution in [3.05, 3.63) is 11.6 Å². The third-order valence-electron chi connectivity index (χ3n) is 3.92. The summed E-state index contributed by atoms with van der Waals surface area (Å²) in [6, 6.07) is 0. The van der Waals surface area contributed by atoms with E-state index in [4.69, 9.17) is 0 Å². The standard InChI is InChI=1S/C14H24N2O/c1-14(7-9-15-10-8-14)16-13(17)11-12-5-3-2-4-6-12/h5,15H,2-4,6-11H2,1H3,(H,16,17). The Morgan fingerprint density at radius 2 is 2.18 bits per heavy atom. The second-order valence-corrected chi connectivity index (χ2v) is 5.64. The van der Waals surface area contributed by atoms with Crippen LogP contribution in [0.25, 0.3) is 0 Å². The summed E-state index contributed by atoms with van der Waals surface area (Å²) in [6.07, 6.45) is 9.76. The van der Waals surface area contributed by atoms with Gasteiger partial charge in [0, 0.05) is 12.0 Å². The molecule has 0 aromatic rings. The van der Waals surface area contributed by atoms with Crippen LogP contribution in [0.3, 0.4) is 0 Å². The van der Waals surface area contributed by atoms with Gasteiger partial charge in [-0.25, -0.2) is 0 Å². The molecule has 1 heterocycles. The van der Waals surface area contributed by atoms with Gasteiger partial charge in [0.15, 0.2) is 0 Å². The predicted molar refractivity (Wildman–Crippen MR) is 69.8 cm³/mol. The molecule has 0 spiro atoms. The highest BCUT2D eigenvalue weighted by molar-refractivity contribution is 5.79. The number of carbonyl (C=O) groups excluding carboxylic acids is 1. The van der Waals surface area contributed by atoms with Crippen LogP contribution in [0.4, 0.5) is 0 Å². The van der Waals surface area contributed by atoms with E-state index < -0.39 is 0 Å². The number of hydrogen-bond donors (Lipinski definition) is 2. The largest absolute Gasteiger partial charge is 0.351 e. The van der Waals surface area contributed by atoms with Gasteiger partial charge in [-0.3, -0.25) is 4.79 Å². The van der Waals surface area contributed by atoms with Gasteiger partial charge in [-0.15, -0.1) is 0 Å². The zero-order valence-electron chi connectivity index (χ0n) is 10.8. The Balaban J connectivity index is 1.81. The summed E-state index contributed by atoms with van der Waals surface area (Å²) in [5.41, 5.74) is 1.35. The van der Waals surface area contributed by atoms with E-state index in [0.717, 1.165) is 38.8 Å². The molecule has 0 unspecified atom stereocenters. The number of rotatable bonds is 3. The van der Waals surface area contributed by atoms with Gasteiger partial charge in [0.2, 0.25) is 5.91 Å². The van der Waals surface area contributed by atoms with E-state index >= 15 is 0 Å². The summed E-state index contributed by atoms with van der Waals surface area (Å²) >= 11 is 0. The quantitative estimate of drug-likeness (QED) is 0.737. The average Bonchev–Trinajstić information content (AvgIpc) is 2.30. The van der Waals surface area contributed by atoms with Crippen molar-refractivity contribution in [2.75, 3.05) is 13.1 Å². The van der Waals surface area contributed by atoms with Crippen molar-refractivity contribution >= 4 is 5.91 Å². The van der Waals surface area contributed by atoms with Gasteiger partial charge < -0.3 is 10.6 Å². The topological polar surface area (TPSA) is 41.1 Å². The molecule has 0 aromatic carbocycles. The fourth-order valence-corrected chi connectivity index (χ4v) is 2.76. The van der Waals surface area contributed by atoms with Gasteiger partial charge >= 0.3 is 0 Å². The first-order valence-corrected chi connectivity index (χ1v) is 6.88. The van der Waals surface area contributed by atoms with Crippen molar-refractivity contribution < 1.29 is 4.79 Å². The maximum absolute atomic E-state index is 12.0. The molecule has 2 N–H and O–H groups in total. The van der Waals surface area contributed by atoms with Crippen LogP contribution in [0.2, 0.25) is 0 Å². The number of allylic oxidation sites excluding steroid dienone is 1. The molecule has 1 saturated heterocycles. The van der Waals surface area contributed by atoms with Crippen molar-refractivity contribution in [3.8, 4) is 0 Å². The SMILES string of the molecule is CC1(NC(=O)CC2=CCCCC2)CCNCC1. The molecule has 0 aromatic heterocycles. The highest BCUT2D eigenvalue weighted by Gasteiger charge is 2.28. The lowest BCUT2D eigenvalue weighted by molar-refractivity contribution is -0.122. The van der Waals surface area contributed by atoms with Crippen molar-refractivity contribution in [2.45, 2.75) is 57.4 Å². The Kier molecular flexibility index (Phi) is 4.21. The van der Waals surface area contributed by atoms with Crippen molar-refractivity contribution in [1.29, 1.82) is 0 Å². The molecule has 1 aliphatic carbocycles. The highest BCUT2D eigenvalue weighted by Crippen LogP contribution is 2.22. The zero-order chi connectivity index (χ0) is 12.1. The number of piperidine rings is 1. The van der Waals surface area contributed by atoms with Crippen LogP contribution in [0.15, 0.2) is 11.6 Å². The summed E-state index contributed by atoms with van der Waals surface area (Å²) in [5, 5.41) is 6.55. The normalized spacial score (nSPS) is 23.9. The summed E-state index contributed by atoms with van der Waals surface area (Å²) < 4.78 is 0. The first kappa shape index (κ1) is 12.6. The van der Waals surface area contributed by atoms with E-state index in [0.29, 0.717) is 6.42 Å². The third kappa shape index (κ3) is 3.84. The van der Waals surface area contributed by atoms with Crippen LogP contribution in [0.5, 0.6) is 0 Å². The Labute approximate surface area is 104 Å². The van der Waals surface area contributed by atoms with E-state index in [1.54, 1.807) is 0 Å². The van der Waals surface area contributed by atoms with E-state index in [1.807, 2.05) is 0 Å². The molecule has 1 aliphatic heterocycles. The first-order valence-electron chi connectivity index (χ1n) is 6.88. The van der Waals surface area contributed by atoms with Crippen LogP contribution in [0, 0.1) is 0 Å². The smallest absolute Gasteiger partial charge is 0.224 e. The van der Waals surface area contributed by atoms with Crippen LogP contribution in [-0.4, -0.2) is 24.5 Å². The van der Waals surface area contributed by atoms with Gasteiger partial charge in [0.25, 0.3) is 0 Å². The lowest BCUT2D eigenvalue weighted by atomic mass is 9.90. The van der Waals surface area contributed by atoms with Crippen molar-refractivity contribution in [1.82, 2.24) is 10.6 Å². The summed E-state index contributed by atoms with van der Waals surface area (Å²) in [4.78, 5) is 12.0. The van der Waals surface area contributed by atoms with Crippen molar-refractivity contribution in [2.24, 2.45) is 0 Å². The average molecular weight is 236 g/mol. The van der Waals surface area contributed by atoms with Gasteiger partial charge in [-0.1, -0.05) is 11.6 Å². The summed E-state index contributed by atoms with van der Waals surface area (Å²) in [7, 11) is 0. The fraction of sp³-hybridized carbons (Fsp3) is 0.786. The zero-order valence-corrected chi connectivity index (χ0v) is 10.8. The maximum Gasteiger partial charge on any atom is 0.224 e. The van der Waals surface area contributed by atoms with Gasteiger partial charge in [-0.05, 0) is 58.5 Å². The number of nitrogens with one attached hydrogen (secondary N) is 2. The molecule has 0 bridgehead atoms. The summed E-state index contributed by atoms with van der Waals surface area (Å²) in [6.45, 7) is 4.19. The molecule has 0 saturated carbocycles. The van der Waals surface area contributed by atoms with Crippen LogP contribution < -0.4 is 10.6 Å². The van der Waals surface area contributed by atoms with Crippen LogP contribution >= 0.6 is 0 Å². The lowest BCUT2D eigenvalue weighted by Gasteiger charge is -2.35. The Hall–Kier alpha value is -0.830. The molecular formula is C14H24N2O. The molecule has 1 fully saturated rings. The molecule has 17 heavy (non-hydrogen) atoms. The molecule has 0 atom stereocenters. The second-order valence-electron chi connectivity index (χ2n) is 5.64. The monoisotopic (exact) mass is 236 g/mol. The summed E-state index contributed by atoms with van der Waals surface area (Å²) in [5.74, 6) is 0.211. The Morgan fingerprint density at radius 3 is 2.82 bits per heavy atom. The minimum atomic E-state index is 0.0115.